The maximum Gasteiger partial charge on any atom is 0.349 e. The molecule has 0 aromatic heterocycles. The van der Waals surface area contributed by atoms with Crippen molar-refractivity contribution in [1.82, 2.24) is 0 Å². The Kier molecular flexibility index (Phi) is 8.46. The van der Waals surface area contributed by atoms with Gasteiger partial charge in [0.2, 0.25) is 0 Å². The summed E-state index contributed by atoms with van der Waals surface area (Å²) in [5.74, 6) is -11.5. The van der Waals surface area contributed by atoms with Crippen molar-refractivity contribution in [1.29, 1.82) is 0 Å². The second kappa shape index (κ2) is 9.93. The molecule has 2 unspecified atom stereocenters. The van der Waals surface area contributed by atoms with Gasteiger partial charge in [0.05, 0.1) is 18.1 Å². The molecule has 0 saturated carbocycles. The van der Waals surface area contributed by atoms with E-state index in [0.29, 0.717) is 0 Å². The molecule has 0 saturated heterocycles. The fraction of sp³-hybridized carbons (Fsp3) is 0.438. The van der Waals surface area contributed by atoms with Crippen LogP contribution >= 0.6 is 7.37 Å². The first kappa shape index (κ1) is 24.7. The third kappa shape index (κ3) is 5.83. The number of rotatable bonds is 12. The van der Waals surface area contributed by atoms with Gasteiger partial charge in [0.1, 0.15) is 6.29 Å². The highest BCUT2D eigenvalue weighted by Crippen LogP contribution is 2.67. The quantitative estimate of drug-likeness (QED) is 0.166. The molecule has 0 radical (unpaired) electrons. The fourth-order valence-corrected chi connectivity index (χ4v) is 4.68. The summed E-state index contributed by atoms with van der Waals surface area (Å²) in [4.78, 5) is 32.3. The molecule has 29 heavy (non-hydrogen) atoms. The molecule has 0 heterocycles. The van der Waals surface area contributed by atoms with Gasteiger partial charge in [-0.1, -0.05) is 0 Å². The van der Waals surface area contributed by atoms with Crippen molar-refractivity contribution in [2.45, 2.75) is 24.9 Å². The lowest BCUT2D eigenvalue weighted by atomic mass is 10.1. The number of aldehydes is 1. The lowest BCUT2D eigenvalue weighted by Crippen LogP contribution is -2.27. The van der Waals surface area contributed by atoms with E-state index in [1.165, 1.54) is 0 Å². The Morgan fingerprint density at radius 2 is 1.79 bits per heavy atom. The number of carboxylic acids is 2. The van der Waals surface area contributed by atoms with Gasteiger partial charge < -0.3 is 19.5 Å². The first-order valence-electron chi connectivity index (χ1n) is 8.01. The predicted octanol–water partition coefficient (Wildman–Crippen LogP) is 3.60. The van der Waals surface area contributed by atoms with Gasteiger partial charge in [-0.2, -0.15) is 8.78 Å². The first-order chi connectivity index (χ1) is 13.4. The largest absolute Gasteiger partial charge is 0.481 e. The van der Waals surface area contributed by atoms with Gasteiger partial charge in [0.15, 0.2) is 17.5 Å². The second-order valence-corrected chi connectivity index (χ2v) is 8.41. The number of carboxylic acid groups (broad SMARTS) is 2. The minimum atomic E-state index is -5.50. The summed E-state index contributed by atoms with van der Waals surface area (Å²) in [7, 11) is -5.50. The Morgan fingerprint density at radius 1 is 1.17 bits per heavy atom. The number of aliphatic carboxylic acids is 2. The zero-order valence-corrected chi connectivity index (χ0v) is 15.5. The van der Waals surface area contributed by atoms with Crippen molar-refractivity contribution in [2.24, 2.45) is 5.92 Å². The summed E-state index contributed by atoms with van der Waals surface area (Å²) < 4.78 is 87.7. The van der Waals surface area contributed by atoms with Crippen LogP contribution in [0.5, 0.6) is 0 Å². The standard InChI is InChI=1S/C16H16F5O7P/c17-11-4-3-10(13(18)14(11)19)16(20,21)29(27,28-7-1-6-22)8-9(15(25)26)2-5-12(23)24/h3-4,6,9H,1-2,5,7-8H2,(H,23,24)(H,25,26). The average molecular weight is 446 g/mol. The molecule has 0 bridgehead atoms. The van der Waals surface area contributed by atoms with Crippen LogP contribution in [-0.2, 0) is 29.1 Å². The van der Waals surface area contributed by atoms with E-state index in [1.54, 1.807) is 0 Å². The number of hydrogen-bond acceptors (Lipinski definition) is 5. The third-order valence-corrected chi connectivity index (χ3v) is 6.46. The highest BCUT2D eigenvalue weighted by Gasteiger charge is 2.56. The molecular formula is C16H16F5O7P. The Labute approximate surface area is 160 Å². The van der Waals surface area contributed by atoms with Gasteiger partial charge in [0, 0.05) is 19.0 Å². The summed E-state index contributed by atoms with van der Waals surface area (Å²) in [5, 5.41) is 17.8. The fourth-order valence-electron chi connectivity index (χ4n) is 2.32. The van der Waals surface area contributed by atoms with E-state index in [1.807, 2.05) is 0 Å². The minimum Gasteiger partial charge on any atom is -0.481 e. The highest BCUT2D eigenvalue weighted by atomic mass is 31.2. The summed E-state index contributed by atoms with van der Waals surface area (Å²) in [5.41, 5.74) is -6.63. The maximum absolute atomic E-state index is 14.9. The van der Waals surface area contributed by atoms with Crippen molar-refractivity contribution in [2.75, 3.05) is 12.8 Å². The molecular weight excluding hydrogens is 430 g/mol. The van der Waals surface area contributed by atoms with E-state index in [0.717, 1.165) is 0 Å². The van der Waals surface area contributed by atoms with Crippen molar-refractivity contribution in [3.05, 3.63) is 35.1 Å². The molecule has 162 valence electrons. The maximum atomic E-state index is 14.9. The van der Waals surface area contributed by atoms with Crippen molar-refractivity contribution >= 4 is 25.6 Å². The molecule has 1 rings (SSSR count). The number of alkyl halides is 2. The molecule has 2 N–H and O–H groups in total. The van der Waals surface area contributed by atoms with Crippen LogP contribution in [-0.4, -0.2) is 41.2 Å². The molecule has 1 aromatic rings. The van der Waals surface area contributed by atoms with Crippen LogP contribution in [0.15, 0.2) is 12.1 Å². The molecule has 0 amide bonds. The summed E-state index contributed by atoms with van der Waals surface area (Å²) >= 11 is 0. The van der Waals surface area contributed by atoms with Gasteiger partial charge in [-0.25, -0.2) is 13.2 Å². The van der Waals surface area contributed by atoms with E-state index < -0.39 is 85.9 Å². The van der Waals surface area contributed by atoms with Gasteiger partial charge >= 0.3 is 17.6 Å². The molecule has 0 spiro atoms. The molecule has 0 aliphatic heterocycles. The molecule has 2 atom stereocenters. The normalized spacial score (nSPS) is 14.8. The van der Waals surface area contributed by atoms with Crippen LogP contribution in [0.4, 0.5) is 22.0 Å². The number of halogens is 5. The van der Waals surface area contributed by atoms with E-state index in [9.17, 15) is 40.9 Å². The van der Waals surface area contributed by atoms with Crippen LogP contribution in [0.2, 0.25) is 0 Å². The molecule has 13 heteroatoms. The molecule has 0 fully saturated rings. The van der Waals surface area contributed by atoms with E-state index in [2.05, 4.69) is 4.52 Å². The van der Waals surface area contributed by atoms with Crippen LogP contribution < -0.4 is 0 Å². The molecule has 0 aliphatic rings. The van der Waals surface area contributed by atoms with Crippen molar-refractivity contribution in [3.63, 3.8) is 0 Å². The van der Waals surface area contributed by atoms with Gasteiger partial charge in [-0.05, 0) is 18.6 Å². The summed E-state index contributed by atoms with van der Waals surface area (Å²) in [6.45, 7) is -0.854. The number of carbonyl (C=O) groups is 3. The monoisotopic (exact) mass is 446 g/mol. The third-order valence-electron chi connectivity index (χ3n) is 3.84. The Bertz CT molecular complexity index is 830. The van der Waals surface area contributed by atoms with Gasteiger partial charge in [-0.3, -0.25) is 14.2 Å². The minimum absolute atomic E-state index is 0.135. The van der Waals surface area contributed by atoms with Crippen molar-refractivity contribution in [3.8, 4) is 0 Å². The van der Waals surface area contributed by atoms with Crippen LogP contribution in [0, 0.1) is 23.4 Å². The van der Waals surface area contributed by atoms with Crippen LogP contribution in [0.3, 0.4) is 0 Å². The zero-order chi connectivity index (χ0) is 22.4. The summed E-state index contributed by atoms with van der Waals surface area (Å²) in [6.07, 6.45) is -3.20. The smallest absolute Gasteiger partial charge is 0.349 e. The average Bonchev–Trinajstić information content (AvgIpc) is 2.62. The van der Waals surface area contributed by atoms with E-state index in [-0.39, 0.29) is 18.4 Å². The Morgan fingerprint density at radius 3 is 2.31 bits per heavy atom. The second-order valence-electron chi connectivity index (χ2n) is 5.88. The van der Waals surface area contributed by atoms with Crippen LogP contribution in [0.1, 0.15) is 24.8 Å². The highest BCUT2D eigenvalue weighted by molar-refractivity contribution is 7.59. The number of benzene rings is 1. The van der Waals surface area contributed by atoms with Gasteiger partial charge in [0.25, 0.3) is 7.37 Å². The van der Waals surface area contributed by atoms with E-state index in [4.69, 9.17) is 10.2 Å². The lowest BCUT2D eigenvalue weighted by molar-refractivity contribution is -0.142. The topological polar surface area (TPSA) is 118 Å². The molecule has 1 aromatic carbocycles. The van der Waals surface area contributed by atoms with Gasteiger partial charge in [-0.15, -0.1) is 0 Å². The predicted molar refractivity (Wildman–Crippen MR) is 87.3 cm³/mol. The number of carbonyl (C=O) groups excluding carboxylic acids is 1. The Hall–Kier alpha value is -2.33. The lowest BCUT2D eigenvalue weighted by Gasteiger charge is -2.29. The SMILES string of the molecule is O=CCCOP(=O)(CC(CCC(=O)O)C(=O)O)C(F)(F)c1ccc(F)c(F)c1F. The van der Waals surface area contributed by atoms with Crippen molar-refractivity contribution < 1.29 is 55.6 Å². The zero-order valence-electron chi connectivity index (χ0n) is 14.6. The molecule has 0 aliphatic carbocycles. The summed E-state index contributed by atoms with van der Waals surface area (Å²) in [6, 6.07) is 0.299. The number of hydrogen-bond donors (Lipinski definition) is 2. The Balaban J connectivity index is 3.41. The van der Waals surface area contributed by atoms with E-state index >= 15 is 0 Å². The van der Waals surface area contributed by atoms with Crippen LogP contribution in [0.25, 0.3) is 0 Å². The molecule has 7 nitrogen and oxygen atoms in total. The first-order valence-corrected chi connectivity index (χ1v) is 9.82.